The van der Waals surface area contributed by atoms with Crippen LogP contribution < -0.4 is 30.3 Å². The zero-order valence-electron chi connectivity index (χ0n) is 50.0. The van der Waals surface area contributed by atoms with Crippen LogP contribution in [0.3, 0.4) is 0 Å². The fourth-order valence-electron chi connectivity index (χ4n) is 9.95. The van der Waals surface area contributed by atoms with Gasteiger partial charge in [0.25, 0.3) is 5.91 Å². The Hall–Kier alpha value is -6.27. The van der Waals surface area contributed by atoms with Gasteiger partial charge >= 0.3 is 24.1 Å². The van der Waals surface area contributed by atoms with E-state index in [2.05, 4.69) is 20.9 Å². The van der Waals surface area contributed by atoms with Crippen LogP contribution in [0.5, 0.6) is 11.5 Å². The van der Waals surface area contributed by atoms with Gasteiger partial charge in [0, 0.05) is 116 Å². The number of carbonyl (C=O) groups is 5. The molecule has 2 amide bonds. The lowest BCUT2D eigenvalue weighted by Gasteiger charge is -2.43. The highest BCUT2D eigenvalue weighted by Crippen LogP contribution is 2.37. The van der Waals surface area contributed by atoms with Crippen molar-refractivity contribution in [3.63, 3.8) is 0 Å². The third kappa shape index (κ3) is 25.6. The lowest BCUT2D eigenvalue weighted by atomic mass is 10.0. The molecule has 6 N–H and O–H groups in total. The third-order valence-corrected chi connectivity index (χ3v) is 14.3. The average molecular weight is 1220 g/mol. The first-order chi connectivity index (χ1) is 41.5. The number of nitrogens with one attached hydrogen (secondary N) is 3. The average Bonchev–Trinajstić information content (AvgIpc) is 1.06. The van der Waals surface area contributed by atoms with E-state index in [1.807, 2.05) is 55.1 Å². The maximum absolute atomic E-state index is 14.2. The van der Waals surface area contributed by atoms with Gasteiger partial charge in [-0.15, -0.1) is 0 Å². The number of carbonyl (C=O) groups excluding carboxylic acids is 2. The summed E-state index contributed by atoms with van der Waals surface area (Å²) in [6.07, 6.45) is -3.30. The van der Waals surface area contributed by atoms with Crippen LogP contribution in [0, 0.1) is 0 Å². The molecule has 0 saturated carbocycles. The quantitative estimate of drug-likeness (QED) is 0.0453. The van der Waals surface area contributed by atoms with E-state index < -0.39 is 41.1 Å². The van der Waals surface area contributed by atoms with Crippen molar-refractivity contribution in [2.24, 2.45) is 0 Å². The van der Waals surface area contributed by atoms with Crippen LogP contribution in [0.25, 0.3) is 11.3 Å². The number of hydrogen-bond donors (Lipinski definition) is 6. The van der Waals surface area contributed by atoms with Gasteiger partial charge in [0.2, 0.25) is 5.91 Å². The van der Waals surface area contributed by atoms with Gasteiger partial charge in [0.15, 0.2) is 0 Å². The summed E-state index contributed by atoms with van der Waals surface area (Å²) in [5.74, 6) is -3.23. The number of para-hydroxylation sites is 1. The summed E-state index contributed by atoms with van der Waals surface area (Å²) in [7, 11) is 0. The summed E-state index contributed by atoms with van der Waals surface area (Å²) in [4.78, 5) is 77.0. The second kappa shape index (κ2) is 38.8. The Balaban J connectivity index is 0.940. The van der Waals surface area contributed by atoms with Crippen molar-refractivity contribution in [1.82, 2.24) is 45.4 Å². The largest absolute Gasteiger partial charge is 0.494 e. The number of nitrogens with zero attached hydrogens (tertiary/aromatic N) is 7. The third-order valence-electron chi connectivity index (χ3n) is 14.3. The van der Waals surface area contributed by atoms with Gasteiger partial charge in [-0.05, 0) is 75.7 Å². The Morgan fingerprint density at radius 2 is 1.15 bits per heavy atom. The van der Waals surface area contributed by atoms with Crippen LogP contribution in [-0.2, 0) is 50.8 Å². The van der Waals surface area contributed by atoms with Crippen LogP contribution in [0.15, 0.2) is 54.6 Å². The lowest BCUT2D eigenvalue weighted by molar-refractivity contribution is -0.140. The van der Waals surface area contributed by atoms with Crippen molar-refractivity contribution in [2.75, 3.05) is 195 Å². The van der Waals surface area contributed by atoms with Crippen LogP contribution in [0.2, 0.25) is 0 Å². The molecule has 5 rings (SSSR count). The number of ether oxygens (including phenoxy) is 6. The number of anilines is 1. The monoisotopic (exact) mass is 1220 g/mol. The number of aromatic nitrogens is 1. The van der Waals surface area contributed by atoms with E-state index in [4.69, 9.17) is 33.4 Å². The topological polar surface area (TPSA) is 270 Å². The minimum atomic E-state index is -4.74. The highest BCUT2D eigenvalue weighted by atomic mass is 19.4. The molecule has 480 valence electrons. The number of piperazine rings is 1. The van der Waals surface area contributed by atoms with E-state index in [1.165, 1.54) is 17.0 Å². The molecule has 2 saturated heterocycles. The van der Waals surface area contributed by atoms with Gasteiger partial charge in [0.05, 0.1) is 114 Å². The first-order valence-corrected chi connectivity index (χ1v) is 29.6. The summed E-state index contributed by atoms with van der Waals surface area (Å²) in [5, 5.41) is 38.1. The normalized spacial score (nSPS) is 16.3. The SMILES string of the molecule is CCOc1ccc(C(=O)N2CCN(c3ccc(-c4ccccc4OCC)nc3CNCCNCCCOCCOCCOCCOCCNC(=O)CN3CCN(CC(=O)O)CCN(CC(=O)O)CCN(CC(=O)O)CC3)C(CC)C2)c(C(F)(F)F)c1. The molecule has 1 unspecified atom stereocenters. The number of aliphatic carboxylic acids is 3. The molecule has 0 spiro atoms. The van der Waals surface area contributed by atoms with Crippen molar-refractivity contribution in [2.45, 2.75) is 52.4 Å². The lowest BCUT2D eigenvalue weighted by Crippen LogP contribution is -2.55. The Kier molecular flexibility index (Phi) is 31.8. The maximum atomic E-state index is 14.2. The molecule has 2 fully saturated rings. The Labute approximate surface area is 502 Å². The fourth-order valence-corrected chi connectivity index (χ4v) is 9.95. The Morgan fingerprint density at radius 1 is 0.605 bits per heavy atom. The maximum Gasteiger partial charge on any atom is 0.417 e. The first kappa shape index (κ1) is 70.5. The number of alkyl halides is 3. The molecule has 0 aliphatic carbocycles. The summed E-state index contributed by atoms with van der Waals surface area (Å²) >= 11 is 0. The predicted octanol–water partition coefficient (Wildman–Crippen LogP) is 3.03. The van der Waals surface area contributed by atoms with Gasteiger partial charge < -0.3 is 69.5 Å². The van der Waals surface area contributed by atoms with E-state index in [0.29, 0.717) is 117 Å². The number of halogens is 3. The van der Waals surface area contributed by atoms with E-state index in [9.17, 15) is 52.5 Å². The minimum Gasteiger partial charge on any atom is -0.494 e. The van der Waals surface area contributed by atoms with Crippen molar-refractivity contribution < 1.29 is 80.9 Å². The summed E-state index contributed by atoms with van der Waals surface area (Å²) in [5.41, 5.74) is 1.86. The standard InChI is InChI=1S/C59H89F3N10O14/c1-4-45-40-71(58(80)47-13-12-46(85-5-2)38-49(47)59(60,61)62)28-29-72(45)52-15-14-50(48-10-7-8-11-53(48)86-6-3)66-51(52)39-64-18-17-63-16-9-30-81-32-34-83-36-37-84-35-33-82-31-19-65-54(73)41-67-20-22-68(42-55(74)75)24-26-70(44-57(78)79)27-25-69(23-21-67)43-56(76)77/h7-8,10-15,38,45,63-64H,4-6,9,16-37,39-44H2,1-3H3,(H,65,73)(H,74,75)(H,76,77)(H,78,79). The number of amides is 2. The van der Waals surface area contributed by atoms with Crippen molar-refractivity contribution >= 4 is 35.4 Å². The van der Waals surface area contributed by atoms with E-state index in [-0.39, 0.29) is 103 Å². The zero-order chi connectivity index (χ0) is 62.1. The van der Waals surface area contributed by atoms with Crippen LogP contribution >= 0.6 is 0 Å². The second-order valence-electron chi connectivity index (χ2n) is 20.6. The minimum absolute atomic E-state index is 0.0133. The molecule has 24 nitrogen and oxygen atoms in total. The van der Waals surface area contributed by atoms with Gasteiger partial charge in [-0.2, -0.15) is 13.2 Å². The molecule has 0 radical (unpaired) electrons. The number of hydrogen-bond acceptors (Lipinski definition) is 19. The Bertz CT molecular complexity index is 2510. The van der Waals surface area contributed by atoms with E-state index in [0.717, 1.165) is 41.7 Å². The smallest absolute Gasteiger partial charge is 0.417 e. The number of pyridine rings is 1. The summed E-state index contributed by atoms with van der Waals surface area (Å²) < 4.78 is 76.5. The van der Waals surface area contributed by atoms with Gasteiger partial charge in [-0.25, -0.2) is 4.98 Å². The molecule has 3 aromatic rings. The number of carboxylic acids is 3. The number of rotatable bonds is 37. The highest BCUT2D eigenvalue weighted by molar-refractivity contribution is 5.96. The van der Waals surface area contributed by atoms with Gasteiger partial charge in [0.1, 0.15) is 11.5 Å². The highest BCUT2D eigenvalue weighted by Gasteiger charge is 2.39. The summed E-state index contributed by atoms with van der Waals surface area (Å²) in [6, 6.07) is 15.0. The zero-order valence-corrected chi connectivity index (χ0v) is 50.0. The molecular formula is C59H89F3N10O14. The fraction of sp³-hybridized carbons (Fsp3) is 0.627. The summed E-state index contributed by atoms with van der Waals surface area (Å²) in [6.45, 7) is 14.7. The molecule has 1 aromatic heterocycles. The number of carboxylic acid groups (broad SMARTS) is 3. The van der Waals surface area contributed by atoms with Crippen LogP contribution in [-0.4, -0.2) is 271 Å². The van der Waals surface area contributed by atoms with Crippen LogP contribution in [0.1, 0.15) is 55.2 Å². The van der Waals surface area contributed by atoms with E-state index in [1.54, 1.807) is 21.6 Å². The Morgan fingerprint density at radius 3 is 1.71 bits per heavy atom. The molecular weight excluding hydrogens is 1130 g/mol. The molecule has 2 aromatic carbocycles. The van der Waals surface area contributed by atoms with Crippen molar-refractivity contribution in [1.29, 1.82) is 0 Å². The molecule has 27 heteroatoms. The molecule has 1 atom stereocenters. The van der Waals surface area contributed by atoms with Crippen LogP contribution in [0.4, 0.5) is 18.9 Å². The molecule has 2 aliphatic heterocycles. The molecule has 2 aliphatic rings. The molecule has 3 heterocycles. The first-order valence-electron chi connectivity index (χ1n) is 29.6. The van der Waals surface area contributed by atoms with Crippen molar-refractivity contribution in [3.8, 4) is 22.8 Å². The van der Waals surface area contributed by atoms with Gasteiger partial charge in [-0.1, -0.05) is 19.1 Å². The molecule has 86 heavy (non-hydrogen) atoms. The van der Waals surface area contributed by atoms with Gasteiger partial charge in [-0.3, -0.25) is 43.6 Å². The molecule has 0 bridgehead atoms. The van der Waals surface area contributed by atoms with Crippen molar-refractivity contribution in [3.05, 3.63) is 71.4 Å². The second-order valence-corrected chi connectivity index (χ2v) is 20.6. The predicted molar refractivity (Wildman–Crippen MR) is 315 cm³/mol. The number of benzene rings is 2. The van der Waals surface area contributed by atoms with E-state index >= 15 is 0 Å².